The zero-order chi connectivity index (χ0) is 24.9. The van der Waals surface area contributed by atoms with Gasteiger partial charge < -0.3 is 20.5 Å². The summed E-state index contributed by atoms with van der Waals surface area (Å²) < 4.78 is 37.6. The van der Waals surface area contributed by atoms with E-state index in [1.54, 1.807) is 0 Å². The fraction of sp³-hybridized carbons (Fsp3) is 0.591. The predicted octanol–water partition coefficient (Wildman–Crippen LogP) is 3.06. The molecule has 1 aromatic rings. The lowest BCUT2D eigenvalue weighted by Gasteiger charge is -2.31. The Morgan fingerprint density at radius 1 is 1.24 bits per heavy atom. The third kappa shape index (κ3) is 7.08. The van der Waals surface area contributed by atoms with Crippen molar-refractivity contribution in [2.45, 2.75) is 57.2 Å². The SMILES string of the molecule is CC(C)(C)c1cccc(OCCCN2C(=O)NC3(CCCNC3)C2=O)c1.O=C(O)C(F)(F)F. The minimum Gasteiger partial charge on any atom is -0.494 e. The van der Waals surface area contributed by atoms with Gasteiger partial charge in [0.1, 0.15) is 11.3 Å². The molecule has 0 aliphatic carbocycles. The van der Waals surface area contributed by atoms with Crippen molar-refractivity contribution in [2.24, 2.45) is 0 Å². The molecule has 2 aliphatic heterocycles. The molecule has 0 saturated carbocycles. The molecule has 1 unspecified atom stereocenters. The van der Waals surface area contributed by atoms with Crippen LogP contribution in [0, 0.1) is 0 Å². The molecule has 3 N–H and O–H groups in total. The first kappa shape index (κ1) is 26.4. The maximum absolute atomic E-state index is 12.7. The van der Waals surface area contributed by atoms with Crippen LogP contribution in [0.15, 0.2) is 24.3 Å². The monoisotopic (exact) mass is 473 g/mol. The number of carbonyl (C=O) groups is 3. The summed E-state index contributed by atoms with van der Waals surface area (Å²) in [4.78, 5) is 35.1. The highest BCUT2D eigenvalue weighted by atomic mass is 19.4. The molecule has 184 valence electrons. The maximum atomic E-state index is 12.7. The highest BCUT2D eigenvalue weighted by molar-refractivity contribution is 6.07. The van der Waals surface area contributed by atoms with Crippen LogP contribution in [0.5, 0.6) is 5.75 Å². The Labute approximate surface area is 190 Å². The Balaban J connectivity index is 0.000000479. The van der Waals surface area contributed by atoms with Crippen molar-refractivity contribution in [3.05, 3.63) is 29.8 Å². The summed E-state index contributed by atoms with van der Waals surface area (Å²) in [5.41, 5.74) is 0.551. The van der Waals surface area contributed by atoms with Crippen LogP contribution in [0.2, 0.25) is 0 Å². The molecule has 3 amide bonds. The van der Waals surface area contributed by atoms with Crippen LogP contribution < -0.4 is 15.4 Å². The number of ether oxygens (including phenoxy) is 1. The zero-order valence-corrected chi connectivity index (χ0v) is 18.9. The summed E-state index contributed by atoms with van der Waals surface area (Å²) in [6, 6.07) is 7.79. The molecule has 1 spiro atoms. The molecular weight excluding hydrogens is 443 g/mol. The number of nitrogens with zero attached hydrogens (tertiary/aromatic N) is 1. The summed E-state index contributed by atoms with van der Waals surface area (Å²) in [6.07, 6.45) is -2.87. The molecule has 11 heteroatoms. The van der Waals surface area contributed by atoms with Crippen molar-refractivity contribution in [2.75, 3.05) is 26.2 Å². The average molecular weight is 473 g/mol. The van der Waals surface area contributed by atoms with E-state index < -0.39 is 17.7 Å². The van der Waals surface area contributed by atoms with Gasteiger partial charge in [-0.25, -0.2) is 9.59 Å². The van der Waals surface area contributed by atoms with Gasteiger partial charge in [0.25, 0.3) is 5.91 Å². The van der Waals surface area contributed by atoms with E-state index in [0.717, 1.165) is 18.7 Å². The number of urea groups is 1. The smallest absolute Gasteiger partial charge is 0.490 e. The Kier molecular flexibility index (Phi) is 8.34. The fourth-order valence-electron chi connectivity index (χ4n) is 3.54. The third-order valence-electron chi connectivity index (χ3n) is 5.37. The van der Waals surface area contributed by atoms with E-state index in [9.17, 15) is 22.8 Å². The van der Waals surface area contributed by atoms with Crippen LogP contribution in [0.1, 0.15) is 45.6 Å². The lowest BCUT2D eigenvalue weighted by molar-refractivity contribution is -0.192. The first-order valence-electron chi connectivity index (χ1n) is 10.6. The summed E-state index contributed by atoms with van der Waals surface area (Å²) in [7, 11) is 0. The number of carbonyl (C=O) groups excluding carboxylic acids is 2. The molecule has 2 fully saturated rings. The minimum atomic E-state index is -5.08. The topological polar surface area (TPSA) is 108 Å². The molecule has 33 heavy (non-hydrogen) atoms. The number of hydrogen-bond donors (Lipinski definition) is 3. The van der Waals surface area contributed by atoms with Crippen LogP contribution >= 0.6 is 0 Å². The standard InChI is InChI=1S/C20H29N3O3.C2HF3O2/c1-19(2,3)15-7-4-8-16(13-15)26-12-6-11-23-17(24)20(22-18(23)25)9-5-10-21-14-20;3-2(4,5)1(6)7/h4,7-8,13,21H,5-6,9-12,14H2,1-3H3,(H,22,25);(H,6,7). The lowest BCUT2D eigenvalue weighted by atomic mass is 9.87. The van der Waals surface area contributed by atoms with E-state index in [1.165, 1.54) is 10.5 Å². The van der Waals surface area contributed by atoms with Crippen LogP contribution in [-0.2, 0) is 15.0 Å². The average Bonchev–Trinajstić information content (AvgIpc) is 2.94. The number of amides is 3. The molecule has 2 saturated heterocycles. The van der Waals surface area contributed by atoms with Gasteiger partial charge in [-0.2, -0.15) is 13.2 Å². The van der Waals surface area contributed by atoms with Gasteiger partial charge in [0.15, 0.2) is 0 Å². The van der Waals surface area contributed by atoms with Crippen molar-refractivity contribution < 1.29 is 37.4 Å². The number of nitrogens with one attached hydrogen (secondary N) is 2. The number of carboxylic acid groups (broad SMARTS) is 1. The second kappa shape index (κ2) is 10.4. The van der Waals surface area contributed by atoms with E-state index in [2.05, 4.69) is 43.5 Å². The molecule has 3 rings (SSSR count). The number of halogens is 3. The molecule has 2 heterocycles. The zero-order valence-electron chi connectivity index (χ0n) is 18.9. The number of carboxylic acids is 1. The second-order valence-corrected chi connectivity index (χ2v) is 9.03. The molecule has 1 atom stereocenters. The van der Waals surface area contributed by atoms with Gasteiger partial charge in [-0.3, -0.25) is 9.69 Å². The van der Waals surface area contributed by atoms with E-state index in [-0.39, 0.29) is 17.4 Å². The first-order chi connectivity index (χ1) is 15.3. The van der Waals surface area contributed by atoms with Gasteiger partial charge in [-0.05, 0) is 48.9 Å². The Hall–Kier alpha value is -2.82. The molecule has 1 aromatic carbocycles. The third-order valence-corrected chi connectivity index (χ3v) is 5.37. The molecule has 2 aliphatic rings. The number of rotatable bonds is 5. The molecule has 0 aromatic heterocycles. The van der Waals surface area contributed by atoms with Crippen molar-refractivity contribution in [3.8, 4) is 5.75 Å². The largest absolute Gasteiger partial charge is 0.494 e. The Morgan fingerprint density at radius 2 is 1.91 bits per heavy atom. The number of piperidine rings is 1. The lowest BCUT2D eigenvalue weighted by Crippen LogP contribution is -2.57. The Morgan fingerprint density at radius 3 is 2.45 bits per heavy atom. The first-order valence-corrected chi connectivity index (χ1v) is 10.6. The summed E-state index contributed by atoms with van der Waals surface area (Å²) in [5, 5.41) is 13.2. The van der Waals surface area contributed by atoms with Gasteiger partial charge in [0.05, 0.1) is 6.61 Å². The fourth-order valence-corrected chi connectivity index (χ4v) is 3.54. The number of alkyl halides is 3. The van der Waals surface area contributed by atoms with Gasteiger partial charge in [-0.15, -0.1) is 0 Å². The van der Waals surface area contributed by atoms with Crippen molar-refractivity contribution in [3.63, 3.8) is 0 Å². The van der Waals surface area contributed by atoms with Crippen molar-refractivity contribution in [1.82, 2.24) is 15.5 Å². The van der Waals surface area contributed by atoms with Gasteiger partial charge in [0.2, 0.25) is 0 Å². The normalized spacial score (nSPS) is 20.8. The quantitative estimate of drug-likeness (QED) is 0.448. The maximum Gasteiger partial charge on any atom is 0.490 e. The summed E-state index contributed by atoms with van der Waals surface area (Å²) in [5.74, 6) is -2.04. The second-order valence-electron chi connectivity index (χ2n) is 9.03. The van der Waals surface area contributed by atoms with Crippen LogP contribution in [0.25, 0.3) is 0 Å². The van der Waals surface area contributed by atoms with E-state index in [0.29, 0.717) is 32.5 Å². The molecule has 8 nitrogen and oxygen atoms in total. The summed E-state index contributed by atoms with van der Waals surface area (Å²) in [6.45, 7) is 8.76. The van der Waals surface area contributed by atoms with Gasteiger partial charge in [0, 0.05) is 13.1 Å². The van der Waals surface area contributed by atoms with E-state index in [4.69, 9.17) is 14.6 Å². The number of hydrogen-bond acceptors (Lipinski definition) is 5. The molecule has 0 radical (unpaired) electrons. The van der Waals surface area contributed by atoms with Gasteiger partial charge in [-0.1, -0.05) is 32.9 Å². The minimum absolute atomic E-state index is 0.0712. The molecule has 0 bridgehead atoms. The van der Waals surface area contributed by atoms with Crippen LogP contribution in [0.4, 0.5) is 18.0 Å². The number of benzene rings is 1. The number of imide groups is 1. The van der Waals surface area contributed by atoms with Crippen LogP contribution in [0.3, 0.4) is 0 Å². The van der Waals surface area contributed by atoms with E-state index in [1.807, 2.05) is 12.1 Å². The number of aliphatic carboxylic acids is 1. The van der Waals surface area contributed by atoms with E-state index >= 15 is 0 Å². The van der Waals surface area contributed by atoms with Crippen LogP contribution in [-0.4, -0.2) is 65.9 Å². The van der Waals surface area contributed by atoms with Crippen molar-refractivity contribution in [1.29, 1.82) is 0 Å². The molecular formula is C22H30F3N3O5. The highest BCUT2D eigenvalue weighted by Gasteiger charge is 2.51. The van der Waals surface area contributed by atoms with Crippen molar-refractivity contribution >= 4 is 17.9 Å². The highest BCUT2D eigenvalue weighted by Crippen LogP contribution is 2.27. The van der Waals surface area contributed by atoms with Gasteiger partial charge >= 0.3 is 18.2 Å². The summed E-state index contributed by atoms with van der Waals surface area (Å²) >= 11 is 0. The Bertz CT molecular complexity index is 862. The predicted molar refractivity (Wildman–Crippen MR) is 114 cm³/mol.